The van der Waals surface area contributed by atoms with Crippen LogP contribution in [0.5, 0.6) is 0 Å². The molecule has 0 aromatic heterocycles. The third-order valence-corrected chi connectivity index (χ3v) is 2.31. The molecule has 0 bridgehead atoms. The van der Waals surface area contributed by atoms with Crippen LogP contribution in [0, 0.1) is 0 Å². The van der Waals surface area contributed by atoms with Gasteiger partial charge in [-0.3, -0.25) is 0 Å². The summed E-state index contributed by atoms with van der Waals surface area (Å²) in [6, 6.07) is 0.171. The summed E-state index contributed by atoms with van der Waals surface area (Å²) in [4.78, 5) is 0. The van der Waals surface area contributed by atoms with E-state index in [0.717, 1.165) is 17.2 Å². The van der Waals surface area contributed by atoms with Gasteiger partial charge in [0.1, 0.15) is 5.70 Å². The molecule has 0 saturated carbocycles. The number of alkyl halides is 3. The van der Waals surface area contributed by atoms with Crippen LogP contribution in [0.3, 0.4) is 0 Å². The SMILES string of the molecule is C/C=C(/NC(C)C)S/C=C(\N)C(F)(F)F. The van der Waals surface area contributed by atoms with E-state index >= 15 is 0 Å². The summed E-state index contributed by atoms with van der Waals surface area (Å²) in [5.41, 5.74) is 3.76. The zero-order valence-electron chi connectivity index (χ0n) is 8.85. The molecule has 0 fully saturated rings. The zero-order valence-corrected chi connectivity index (χ0v) is 9.67. The molecule has 0 aliphatic rings. The van der Waals surface area contributed by atoms with E-state index in [1.807, 2.05) is 13.8 Å². The molecule has 0 radical (unpaired) electrons. The molecule has 88 valence electrons. The summed E-state index contributed by atoms with van der Waals surface area (Å²) in [5, 5.41) is 4.54. The van der Waals surface area contributed by atoms with Gasteiger partial charge >= 0.3 is 6.18 Å². The first-order chi connectivity index (χ1) is 6.77. The summed E-state index contributed by atoms with van der Waals surface area (Å²) < 4.78 is 36.1. The fraction of sp³-hybridized carbons (Fsp3) is 0.556. The molecule has 0 heterocycles. The number of rotatable bonds is 4. The van der Waals surface area contributed by atoms with Gasteiger partial charge in [-0.05, 0) is 20.8 Å². The lowest BCUT2D eigenvalue weighted by molar-refractivity contribution is -0.0924. The first kappa shape index (κ1) is 14.2. The van der Waals surface area contributed by atoms with Crippen molar-refractivity contribution in [3.05, 3.63) is 22.2 Å². The maximum atomic E-state index is 12.0. The second-order valence-corrected chi connectivity index (χ2v) is 4.05. The molecule has 0 rings (SSSR count). The molecule has 2 nitrogen and oxygen atoms in total. The highest BCUT2D eigenvalue weighted by atomic mass is 32.2. The van der Waals surface area contributed by atoms with Crippen LogP contribution in [0.1, 0.15) is 20.8 Å². The first-order valence-corrected chi connectivity index (χ1v) is 5.27. The molecular formula is C9H15F3N2S. The molecule has 0 unspecified atom stereocenters. The minimum absolute atomic E-state index is 0.171. The molecule has 6 heteroatoms. The Morgan fingerprint density at radius 1 is 1.40 bits per heavy atom. The highest BCUT2D eigenvalue weighted by Gasteiger charge is 2.31. The van der Waals surface area contributed by atoms with Crippen LogP contribution in [0.4, 0.5) is 13.2 Å². The minimum atomic E-state index is -4.45. The normalized spacial score (nSPS) is 14.6. The van der Waals surface area contributed by atoms with E-state index in [9.17, 15) is 13.2 Å². The third-order valence-electron chi connectivity index (χ3n) is 1.33. The van der Waals surface area contributed by atoms with Gasteiger partial charge in [-0.25, -0.2) is 0 Å². The Morgan fingerprint density at radius 2 is 1.93 bits per heavy atom. The number of allylic oxidation sites excluding steroid dienone is 2. The van der Waals surface area contributed by atoms with Crippen molar-refractivity contribution in [1.82, 2.24) is 5.32 Å². The second kappa shape index (κ2) is 5.95. The van der Waals surface area contributed by atoms with Gasteiger partial charge in [-0.1, -0.05) is 17.8 Å². The van der Waals surface area contributed by atoms with Gasteiger partial charge in [0.25, 0.3) is 0 Å². The molecule has 0 amide bonds. The summed E-state index contributed by atoms with van der Waals surface area (Å²) in [5.74, 6) is 0. The van der Waals surface area contributed by atoms with Crippen molar-refractivity contribution in [2.24, 2.45) is 5.73 Å². The maximum Gasteiger partial charge on any atom is 0.431 e. The fourth-order valence-electron chi connectivity index (χ4n) is 0.664. The Kier molecular flexibility index (Phi) is 5.64. The average molecular weight is 240 g/mol. The van der Waals surface area contributed by atoms with Crippen molar-refractivity contribution in [1.29, 1.82) is 0 Å². The topological polar surface area (TPSA) is 38.0 Å². The van der Waals surface area contributed by atoms with E-state index in [-0.39, 0.29) is 6.04 Å². The van der Waals surface area contributed by atoms with Gasteiger partial charge in [-0.15, -0.1) is 0 Å². The lowest BCUT2D eigenvalue weighted by Crippen LogP contribution is -2.21. The van der Waals surface area contributed by atoms with E-state index in [0.29, 0.717) is 5.03 Å². The number of thioether (sulfide) groups is 1. The van der Waals surface area contributed by atoms with Crippen LogP contribution in [0.25, 0.3) is 0 Å². The van der Waals surface area contributed by atoms with Crippen molar-refractivity contribution >= 4 is 11.8 Å². The van der Waals surface area contributed by atoms with E-state index in [1.54, 1.807) is 13.0 Å². The maximum absolute atomic E-state index is 12.0. The third kappa shape index (κ3) is 6.33. The molecule has 0 aromatic rings. The van der Waals surface area contributed by atoms with E-state index in [4.69, 9.17) is 5.73 Å². The predicted octanol–water partition coefficient (Wildman–Crippen LogP) is 2.94. The average Bonchev–Trinajstić information content (AvgIpc) is 2.09. The zero-order chi connectivity index (χ0) is 12.1. The quantitative estimate of drug-likeness (QED) is 0.793. The molecule has 0 atom stereocenters. The van der Waals surface area contributed by atoms with Crippen molar-refractivity contribution < 1.29 is 13.2 Å². The number of nitrogens with one attached hydrogen (secondary N) is 1. The standard InChI is InChI=1S/C9H15F3N2S/c1-4-8(14-6(2)3)15-5-7(13)9(10,11)12/h4-6,14H,13H2,1-3H3/b7-5-,8-4-. The monoisotopic (exact) mass is 240 g/mol. The van der Waals surface area contributed by atoms with Crippen molar-refractivity contribution in [2.75, 3.05) is 0 Å². The summed E-state index contributed by atoms with van der Waals surface area (Å²) in [6.45, 7) is 5.55. The first-order valence-electron chi connectivity index (χ1n) is 4.39. The van der Waals surface area contributed by atoms with Crippen LogP contribution >= 0.6 is 11.8 Å². The number of nitrogens with two attached hydrogens (primary N) is 1. The van der Waals surface area contributed by atoms with Crippen molar-refractivity contribution in [2.45, 2.75) is 33.0 Å². The van der Waals surface area contributed by atoms with Gasteiger partial charge in [0.15, 0.2) is 0 Å². The Labute approximate surface area is 91.8 Å². The van der Waals surface area contributed by atoms with Gasteiger partial charge in [0, 0.05) is 11.4 Å². The van der Waals surface area contributed by atoms with Gasteiger partial charge in [0.05, 0.1) is 5.03 Å². The number of hydrogen-bond donors (Lipinski definition) is 2. The molecule has 15 heavy (non-hydrogen) atoms. The lowest BCUT2D eigenvalue weighted by Gasteiger charge is -2.12. The largest absolute Gasteiger partial charge is 0.431 e. The minimum Gasteiger partial charge on any atom is -0.394 e. The summed E-state index contributed by atoms with van der Waals surface area (Å²) >= 11 is 0.928. The molecule has 3 N–H and O–H groups in total. The van der Waals surface area contributed by atoms with Crippen molar-refractivity contribution in [3.63, 3.8) is 0 Å². The molecular weight excluding hydrogens is 225 g/mol. The van der Waals surface area contributed by atoms with Gasteiger partial charge in [0.2, 0.25) is 0 Å². The number of halogens is 3. The molecule has 0 aliphatic carbocycles. The predicted molar refractivity (Wildman–Crippen MR) is 57.9 cm³/mol. The Balaban J connectivity index is 4.35. The van der Waals surface area contributed by atoms with E-state index < -0.39 is 11.9 Å². The lowest BCUT2D eigenvalue weighted by atomic mass is 10.4. The van der Waals surface area contributed by atoms with E-state index in [1.165, 1.54) is 0 Å². The number of hydrogen-bond acceptors (Lipinski definition) is 3. The van der Waals surface area contributed by atoms with Crippen LogP contribution < -0.4 is 11.1 Å². The highest BCUT2D eigenvalue weighted by molar-refractivity contribution is 8.05. The van der Waals surface area contributed by atoms with Gasteiger partial charge in [-0.2, -0.15) is 13.2 Å². The second-order valence-electron chi connectivity index (χ2n) is 3.14. The van der Waals surface area contributed by atoms with Crippen molar-refractivity contribution in [3.8, 4) is 0 Å². The van der Waals surface area contributed by atoms with E-state index in [2.05, 4.69) is 5.32 Å². The smallest absolute Gasteiger partial charge is 0.394 e. The molecule has 0 saturated heterocycles. The van der Waals surface area contributed by atoms with Crippen LogP contribution in [-0.4, -0.2) is 12.2 Å². The van der Waals surface area contributed by atoms with Crippen LogP contribution in [-0.2, 0) is 0 Å². The summed E-state index contributed by atoms with van der Waals surface area (Å²) in [7, 11) is 0. The van der Waals surface area contributed by atoms with Crippen LogP contribution in [0.2, 0.25) is 0 Å². The fourth-order valence-corrected chi connectivity index (χ4v) is 1.49. The molecule has 0 aromatic carbocycles. The Hall–Kier alpha value is -0.780. The summed E-state index contributed by atoms with van der Waals surface area (Å²) in [6.07, 6.45) is -2.76. The van der Waals surface area contributed by atoms with Gasteiger partial charge < -0.3 is 11.1 Å². The molecule has 0 aliphatic heterocycles. The molecule has 0 spiro atoms. The van der Waals surface area contributed by atoms with Crippen LogP contribution in [0.15, 0.2) is 22.2 Å². The highest BCUT2D eigenvalue weighted by Crippen LogP contribution is 2.25. The Morgan fingerprint density at radius 3 is 2.27 bits per heavy atom. The Bertz CT molecular complexity index is 257.